The van der Waals surface area contributed by atoms with E-state index >= 15 is 0 Å². The van der Waals surface area contributed by atoms with Gasteiger partial charge in [0.05, 0.1) is 25.9 Å². The van der Waals surface area contributed by atoms with Crippen LogP contribution in [0.1, 0.15) is 17.3 Å². The fraction of sp³-hybridized carbons (Fsp3) is 0.500. The van der Waals surface area contributed by atoms with Gasteiger partial charge in [0.1, 0.15) is 0 Å². The molecule has 1 unspecified atom stereocenters. The minimum atomic E-state index is -0.195. The van der Waals surface area contributed by atoms with Crippen LogP contribution in [-0.4, -0.2) is 55.2 Å². The minimum Gasteiger partial charge on any atom is -0.394 e. The van der Waals surface area contributed by atoms with Gasteiger partial charge < -0.3 is 9.84 Å². The molecule has 0 saturated carbocycles. The van der Waals surface area contributed by atoms with Gasteiger partial charge in [-0.25, -0.2) is 0 Å². The van der Waals surface area contributed by atoms with Crippen molar-refractivity contribution >= 4 is 21.7 Å². The van der Waals surface area contributed by atoms with Crippen LogP contribution in [-0.2, 0) is 4.74 Å². The van der Waals surface area contributed by atoms with E-state index in [2.05, 4.69) is 15.9 Å². The van der Waals surface area contributed by atoms with E-state index in [1.807, 2.05) is 43.1 Å². The summed E-state index contributed by atoms with van der Waals surface area (Å²) in [5.41, 5.74) is 0.707. The highest BCUT2D eigenvalue weighted by Gasteiger charge is 2.19. The van der Waals surface area contributed by atoms with Gasteiger partial charge >= 0.3 is 0 Å². The predicted octanol–water partition coefficient (Wildman–Crippen LogP) is 1.96. The zero-order chi connectivity index (χ0) is 14.3. The molecule has 0 spiro atoms. The van der Waals surface area contributed by atoms with E-state index in [9.17, 15) is 4.79 Å². The first-order valence-electron chi connectivity index (χ1n) is 6.25. The number of carbonyl (C=O) groups is 1. The Bertz CT molecular complexity index is 394. The summed E-state index contributed by atoms with van der Waals surface area (Å²) < 4.78 is 6.16. The smallest absolute Gasteiger partial charge is 0.179 e. The third-order valence-corrected chi connectivity index (χ3v) is 3.52. The Labute approximate surface area is 122 Å². The second-order valence-corrected chi connectivity index (χ2v) is 5.28. The quantitative estimate of drug-likeness (QED) is 0.585. The highest BCUT2D eigenvalue weighted by Crippen LogP contribution is 2.13. The lowest BCUT2D eigenvalue weighted by Gasteiger charge is -2.23. The molecule has 19 heavy (non-hydrogen) atoms. The van der Waals surface area contributed by atoms with Crippen LogP contribution in [0.3, 0.4) is 0 Å². The predicted molar refractivity (Wildman–Crippen MR) is 78.5 cm³/mol. The average Bonchev–Trinajstić information content (AvgIpc) is 2.42. The molecule has 1 N–H and O–H groups in total. The number of carbonyl (C=O) groups excluding carboxylic acids is 1. The molecule has 0 aromatic heterocycles. The summed E-state index contributed by atoms with van der Waals surface area (Å²) in [6.07, 6.45) is 0. The molecule has 0 heterocycles. The number of aliphatic hydroxyl groups excluding tert-OH is 1. The van der Waals surface area contributed by atoms with Gasteiger partial charge in [0.2, 0.25) is 0 Å². The molecule has 0 radical (unpaired) electrons. The zero-order valence-electron chi connectivity index (χ0n) is 11.3. The Morgan fingerprint density at radius 1 is 1.37 bits per heavy atom. The molecule has 1 aromatic carbocycles. The summed E-state index contributed by atoms with van der Waals surface area (Å²) in [5.74, 6) is 0.0946. The molecule has 5 heteroatoms. The van der Waals surface area contributed by atoms with Crippen molar-refractivity contribution in [3.05, 3.63) is 34.3 Å². The average molecular weight is 330 g/mol. The van der Waals surface area contributed by atoms with Crippen LogP contribution < -0.4 is 0 Å². The van der Waals surface area contributed by atoms with Crippen LogP contribution in [0.15, 0.2) is 28.7 Å². The first-order chi connectivity index (χ1) is 9.06. The van der Waals surface area contributed by atoms with Crippen molar-refractivity contribution in [3.63, 3.8) is 0 Å². The van der Waals surface area contributed by atoms with Crippen molar-refractivity contribution in [2.45, 2.75) is 13.0 Å². The lowest BCUT2D eigenvalue weighted by atomic mass is 10.0. The van der Waals surface area contributed by atoms with Crippen molar-refractivity contribution in [2.24, 2.45) is 0 Å². The van der Waals surface area contributed by atoms with Gasteiger partial charge in [0.25, 0.3) is 0 Å². The number of hydrogen-bond donors (Lipinski definition) is 1. The lowest BCUT2D eigenvalue weighted by molar-refractivity contribution is 0.0650. The summed E-state index contributed by atoms with van der Waals surface area (Å²) in [5, 5.41) is 8.60. The number of Topliss-reactive ketones (excluding diaryl/α,β-unsaturated/α-hetero) is 1. The second kappa shape index (κ2) is 8.43. The first-order valence-corrected chi connectivity index (χ1v) is 7.04. The van der Waals surface area contributed by atoms with E-state index < -0.39 is 0 Å². The monoisotopic (exact) mass is 329 g/mol. The molecular formula is C14H20BrNO3. The summed E-state index contributed by atoms with van der Waals surface area (Å²) in [4.78, 5) is 14.2. The summed E-state index contributed by atoms with van der Waals surface area (Å²) in [7, 11) is 1.89. The van der Waals surface area contributed by atoms with Gasteiger partial charge in [0.15, 0.2) is 5.78 Å². The van der Waals surface area contributed by atoms with Crippen molar-refractivity contribution in [1.82, 2.24) is 4.90 Å². The Morgan fingerprint density at radius 2 is 2.00 bits per heavy atom. The standard InChI is InChI=1S/C14H20BrNO3/c1-11(16(2)7-9-19-10-8-17)14(18)12-3-5-13(15)6-4-12/h3-6,11,17H,7-10H2,1-2H3. The number of hydrogen-bond acceptors (Lipinski definition) is 4. The van der Waals surface area contributed by atoms with E-state index in [1.54, 1.807) is 0 Å². The maximum Gasteiger partial charge on any atom is 0.179 e. The molecule has 0 saturated heterocycles. The number of ketones is 1. The van der Waals surface area contributed by atoms with Gasteiger partial charge in [-0.2, -0.15) is 0 Å². The third-order valence-electron chi connectivity index (χ3n) is 2.99. The topological polar surface area (TPSA) is 49.8 Å². The normalized spacial score (nSPS) is 12.7. The van der Waals surface area contributed by atoms with E-state index in [-0.39, 0.29) is 18.4 Å². The Hall–Kier alpha value is -0.750. The number of ether oxygens (including phenoxy) is 1. The van der Waals surface area contributed by atoms with Crippen LogP contribution >= 0.6 is 15.9 Å². The van der Waals surface area contributed by atoms with Crippen LogP contribution in [0.5, 0.6) is 0 Å². The van der Waals surface area contributed by atoms with E-state index in [0.29, 0.717) is 25.3 Å². The number of nitrogens with zero attached hydrogens (tertiary/aromatic N) is 1. The molecule has 0 bridgehead atoms. The molecule has 1 atom stereocenters. The molecule has 106 valence electrons. The number of rotatable bonds is 8. The highest BCUT2D eigenvalue weighted by molar-refractivity contribution is 9.10. The first kappa shape index (κ1) is 16.3. The van der Waals surface area contributed by atoms with E-state index in [1.165, 1.54) is 0 Å². The summed E-state index contributed by atoms with van der Waals surface area (Å²) in [6, 6.07) is 7.17. The Morgan fingerprint density at radius 3 is 2.58 bits per heavy atom. The molecular weight excluding hydrogens is 310 g/mol. The third kappa shape index (κ3) is 5.40. The number of likely N-dealkylation sites (N-methyl/N-ethyl adjacent to an activating group) is 1. The molecule has 4 nitrogen and oxygen atoms in total. The Balaban J connectivity index is 2.49. The van der Waals surface area contributed by atoms with E-state index in [0.717, 1.165) is 4.47 Å². The maximum atomic E-state index is 12.2. The summed E-state index contributed by atoms with van der Waals surface area (Å²) >= 11 is 3.35. The van der Waals surface area contributed by atoms with Crippen molar-refractivity contribution in [3.8, 4) is 0 Å². The van der Waals surface area contributed by atoms with E-state index in [4.69, 9.17) is 9.84 Å². The fourth-order valence-corrected chi connectivity index (χ4v) is 1.89. The molecule has 0 aliphatic rings. The number of halogens is 1. The second-order valence-electron chi connectivity index (χ2n) is 4.36. The molecule has 1 rings (SSSR count). The zero-order valence-corrected chi connectivity index (χ0v) is 12.9. The summed E-state index contributed by atoms with van der Waals surface area (Å²) in [6.45, 7) is 3.41. The molecule has 0 amide bonds. The van der Waals surface area contributed by atoms with Crippen LogP contribution in [0.25, 0.3) is 0 Å². The van der Waals surface area contributed by atoms with Gasteiger partial charge in [-0.3, -0.25) is 9.69 Å². The Kier molecular flexibility index (Phi) is 7.23. The van der Waals surface area contributed by atoms with Gasteiger partial charge in [-0.15, -0.1) is 0 Å². The lowest BCUT2D eigenvalue weighted by Crippen LogP contribution is -2.38. The van der Waals surface area contributed by atoms with Gasteiger partial charge in [-0.05, 0) is 26.1 Å². The number of aliphatic hydroxyl groups is 1. The van der Waals surface area contributed by atoms with Crippen LogP contribution in [0.4, 0.5) is 0 Å². The fourth-order valence-electron chi connectivity index (χ4n) is 1.62. The van der Waals surface area contributed by atoms with Gasteiger partial charge in [0, 0.05) is 16.6 Å². The maximum absolute atomic E-state index is 12.2. The molecule has 1 aromatic rings. The SMILES string of the molecule is CC(C(=O)c1ccc(Br)cc1)N(C)CCOCCO. The minimum absolute atomic E-state index is 0.0249. The molecule has 0 fully saturated rings. The van der Waals surface area contributed by atoms with Crippen molar-refractivity contribution < 1.29 is 14.6 Å². The van der Waals surface area contributed by atoms with Crippen LogP contribution in [0.2, 0.25) is 0 Å². The van der Waals surface area contributed by atoms with Gasteiger partial charge in [-0.1, -0.05) is 28.1 Å². The van der Waals surface area contributed by atoms with Crippen molar-refractivity contribution in [1.29, 1.82) is 0 Å². The van der Waals surface area contributed by atoms with Crippen molar-refractivity contribution in [2.75, 3.05) is 33.4 Å². The number of benzene rings is 1. The molecule has 0 aliphatic carbocycles. The largest absolute Gasteiger partial charge is 0.394 e. The van der Waals surface area contributed by atoms with Crippen LogP contribution in [0, 0.1) is 0 Å². The highest BCUT2D eigenvalue weighted by atomic mass is 79.9. The molecule has 0 aliphatic heterocycles.